The van der Waals surface area contributed by atoms with Crippen molar-refractivity contribution < 1.29 is 17.9 Å². The van der Waals surface area contributed by atoms with Crippen molar-refractivity contribution in [1.29, 1.82) is 0 Å². The van der Waals surface area contributed by atoms with Crippen LogP contribution in [0.15, 0.2) is 65.7 Å². The number of fused-ring (bicyclic) bond motifs is 1. The number of nitrogens with zero attached hydrogens (tertiary/aromatic N) is 3. The van der Waals surface area contributed by atoms with Gasteiger partial charge in [-0.25, -0.2) is 18.4 Å². The zero-order valence-corrected chi connectivity index (χ0v) is 18.5. The summed E-state index contributed by atoms with van der Waals surface area (Å²) in [7, 11) is -0.866. The zero-order valence-electron chi connectivity index (χ0n) is 17.7. The molecular weight excluding hydrogens is 430 g/mol. The SMILES string of the molecule is COc1ccc(OC)c(Nc2nc3ccccc3nc2NS(=O)(=O)c2ccc(C)nc2)c1. The summed E-state index contributed by atoms with van der Waals surface area (Å²) < 4.78 is 39.2. The van der Waals surface area contributed by atoms with Gasteiger partial charge in [0, 0.05) is 18.0 Å². The zero-order chi connectivity index (χ0) is 22.7. The number of hydrogen-bond acceptors (Lipinski definition) is 8. The third-order valence-electron chi connectivity index (χ3n) is 4.66. The van der Waals surface area contributed by atoms with Gasteiger partial charge in [0.05, 0.1) is 30.9 Å². The molecule has 0 bridgehead atoms. The second-order valence-corrected chi connectivity index (χ2v) is 8.52. The lowest BCUT2D eigenvalue weighted by molar-refractivity contribution is 0.405. The first-order valence-electron chi connectivity index (χ1n) is 9.61. The van der Waals surface area contributed by atoms with Gasteiger partial charge in [0.25, 0.3) is 10.0 Å². The van der Waals surface area contributed by atoms with E-state index in [1.165, 1.54) is 19.4 Å². The fraction of sp³-hybridized carbons (Fsp3) is 0.136. The number of nitrogens with one attached hydrogen (secondary N) is 2. The topological polar surface area (TPSA) is 115 Å². The molecule has 4 rings (SSSR count). The summed E-state index contributed by atoms with van der Waals surface area (Å²) in [6.45, 7) is 1.78. The molecule has 0 saturated carbocycles. The number of ether oxygens (including phenoxy) is 2. The molecule has 0 fully saturated rings. The Labute approximate surface area is 185 Å². The van der Waals surface area contributed by atoms with Crippen LogP contribution in [-0.2, 0) is 10.0 Å². The Kier molecular flexibility index (Phi) is 5.78. The highest BCUT2D eigenvalue weighted by molar-refractivity contribution is 7.92. The van der Waals surface area contributed by atoms with Crippen LogP contribution in [0.3, 0.4) is 0 Å². The quantitative estimate of drug-likeness (QED) is 0.435. The number of rotatable bonds is 7. The van der Waals surface area contributed by atoms with E-state index in [1.807, 2.05) is 6.07 Å². The van der Waals surface area contributed by atoms with E-state index in [2.05, 4.69) is 25.0 Å². The smallest absolute Gasteiger partial charge is 0.264 e. The molecular formula is C22H21N5O4S. The van der Waals surface area contributed by atoms with Gasteiger partial charge < -0.3 is 14.8 Å². The summed E-state index contributed by atoms with van der Waals surface area (Å²) in [5.74, 6) is 1.36. The van der Waals surface area contributed by atoms with Crippen LogP contribution >= 0.6 is 0 Å². The first-order valence-corrected chi connectivity index (χ1v) is 11.1. The van der Waals surface area contributed by atoms with E-state index < -0.39 is 10.0 Å². The van der Waals surface area contributed by atoms with Gasteiger partial charge in [-0.1, -0.05) is 12.1 Å². The Bertz CT molecular complexity index is 1380. The molecule has 0 unspecified atom stereocenters. The second kappa shape index (κ2) is 8.67. The average molecular weight is 452 g/mol. The van der Waals surface area contributed by atoms with Crippen LogP contribution in [0.1, 0.15) is 5.69 Å². The summed E-state index contributed by atoms with van der Waals surface area (Å²) in [6, 6.07) is 15.5. The molecule has 0 spiro atoms. The fourth-order valence-corrected chi connectivity index (χ4v) is 3.95. The van der Waals surface area contributed by atoms with E-state index in [9.17, 15) is 8.42 Å². The molecule has 0 atom stereocenters. The lowest BCUT2D eigenvalue weighted by Crippen LogP contribution is -2.16. The molecule has 9 nitrogen and oxygen atoms in total. The Hall–Kier alpha value is -3.92. The maximum absolute atomic E-state index is 13.0. The number of aromatic nitrogens is 3. The van der Waals surface area contributed by atoms with Gasteiger partial charge in [0.1, 0.15) is 16.4 Å². The Balaban J connectivity index is 1.80. The predicted octanol–water partition coefficient (Wildman–Crippen LogP) is 3.89. The molecule has 164 valence electrons. The minimum Gasteiger partial charge on any atom is -0.497 e. The number of hydrogen-bond donors (Lipinski definition) is 2. The van der Waals surface area contributed by atoms with E-state index in [4.69, 9.17) is 9.47 Å². The van der Waals surface area contributed by atoms with Crippen LogP contribution in [0.25, 0.3) is 11.0 Å². The maximum atomic E-state index is 13.0. The van der Waals surface area contributed by atoms with Crippen molar-refractivity contribution in [3.8, 4) is 11.5 Å². The predicted molar refractivity (Wildman–Crippen MR) is 122 cm³/mol. The number of aryl methyl sites for hydroxylation is 1. The summed E-state index contributed by atoms with van der Waals surface area (Å²) in [5.41, 5.74) is 2.38. The molecule has 0 amide bonds. The Morgan fingerprint density at radius 3 is 2.22 bits per heavy atom. The second-order valence-electron chi connectivity index (χ2n) is 6.84. The van der Waals surface area contributed by atoms with Gasteiger partial charge in [-0.05, 0) is 43.3 Å². The monoisotopic (exact) mass is 451 g/mol. The number of pyridine rings is 1. The third-order valence-corrected chi connectivity index (χ3v) is 5.98. The van der Waals surface area contributed by atoms with Crippen molar-refractivity contribution in [2.45, 2.75) is 11.8 Å². The van der Waals surface area contributed by atoms with Crippen LogP contribution in [0.4, 0.5) is 17.3 Å². The van der Waals surface area contributed by atoms with Crippen LogP contribution in [0.5, 0.6) is 11.5 Å². The third kappa shape index (κ3) is 4.40. The highest BCUT2D eigenvalue weighted by atomic mass is 32.2. The van der Waals surface area contributed by atoms with E-state index in [-0.39, 0.29) is 16.5 Å². The van der Waals surface area contributed by atoms with Crippen molar-refractivity contribution in [3.05, 3.63) is 66.5 Å². The largest absolute Gasteiger partial charge is 0.497 e. The first-order chi connectivity index (χ1) is 15.4. The lowest BCUT2D eigenvalue weighted by Gasteiger charge is -2.16. The summed E-state index contributed by atoms with van der Waals surface area (Å²) in [6.07, 6.45) is 1.30. The molecule has 2 aromatic carbocycles. The highest BCUT2D eigenvalue weighted by Gasteiger charge is 2.20. The first kappa shape index (κ1) is 21.3. The van der Waals surface area contributed by atoms with Gasteiger partial charge in [-0.15, -0.1) is 0 Å². The summed E-state index contributed by atoms with van der Waals surface area (Å²) in [4.78, 5) is 13.2. The Morgan fingerprint density at radius 2 is 1.59 bits per heavy atom. The van der Waals surface area contributed by atoms with Gasteiger partial charge >= 0.3 is 0 Å². The molecule has 0 radical (unpaired) electrons. The van der Waals surface area contributed by atoms with Crippen molar-refractivity contribution in [3.63, 3.8) is 0 Å². The summed E-state index contributed by atoms with van der Waals surface area (Å²) >= 11 is 0. The molecule has 4 aromatic rings. The number of sulfonamides is 1. The van der Waals surface area contributed by atoms with Crippen LogP contribution in [-0.4, -0.2) is 37.6 Å². The van der Waals surface area contributed by atoms with Crippen LogP contribution in [0.2, 0.25) is 0 Å². The molecule has 0 aliphatic carbocycles. The molecule has 10 heteroatoms. The average Bonchev–Trinajstić information content (AvgIpc) is 2.79. The molecule has 2 N–H and O–H groups in total. The lowest BCUT2D eigenvalue weighted by atomic mass is 10.2. The highest BCUT2D eigenvalue weighted by Crippen LogP contribution is 2.34. The number of anilines is 3. The van der Waals surface area contributed by atoms with Gasteiger partial charge in [-0.3, -0.25) is 9.71 Å². The molecule has 2 aromatic heterocycles. The van der Waals surface area contributed by atoms with E-state index in [1.54, 1.807) is 56.5 Å². The molecule has 0 aliphatic heterocycles. The Morgan fingerprint density at radius 1 is 0.875 bits per heavy atom. The maximum Gasteiger partial charge on any atom is 0.264 e. The van der Waals surface area contributed by atoms with E-state index in [0.717, 1.165) is 0 Å². The van der Waals surface area contributed by atoms with E-state index >= 15 is 0 Å². The molecule has 2 heterocycles. The molecule has 0 aliphatic rings. The fourth-order valence-electron chi connectivity index (χ4n) is 3.00. The van der Waals surface area contributed by atoms with Crippen molar-refractivity contribution in [1.82, 2.24) is 15.0 Å². The van der Waals surface area contributed by atoms with Crippen LogP contribution in [0, 0.1) is 6.92 Å². The van der Waals surface area contributed by atoms with Crippen molar-refractivity contribution in [2.24, 2.45) is 0 Å². The number of benzene rings is 2. The van der Waals surface area contributed by atoms with Gasteiger partial charge in [0.15, 0.2) is 11.6 Å². The summed E-state index contributed by atoms with van der Waals surface area (Å²) in [5, 5.41) is 3.12. The molecule has 32 heavy (non-hydrogen) atoms. The van der Waals surface area contributed by atoms with Gasteiger partial charge in [-0.2, -0.15) is 0 Å². The number of para-hydroxylation sites is 2. The van der Waals surface area contributed by atoms with Crippen LogP contribution < -0.4 is 19.5 Å². The van der Waals surface area contributed by atoms with E-state index in [0.29, 0.717) is 33.9 Å². The van der Waals surface area contributed by atoms with Crippen molar-refractivity contribution in [2.75, 3.05) is 24.3 Å². The minimum absolute atomic E-state index is 0.0166. The minimum atomic E-state index is -3.95. The number of methoxy groups -OCH3 is 2. The normalized spacial score (nSPS) is 11.2. The van der Waals surface area contributed by atoms with Gasteiger partial charge in [0.2, 0.25) is 0 Å². The van der Waals surface area contributed by atoms with Crippen molar-refractivity contribution >= 4 is 38.4 Å². The molecule has 0 saturated heterocycles. The standard InChI is InChI=1S/C22H21N5O4S/c1-14-8-10-16(13-23-14)32(28,29)27-22-21(24-17-6-4-5-7-18(17)25-22)26-19-12-15(30-2)9-11-20(19)31-3/h4-13H,1-3H3,(H,24,26)(H,25,27).